The molecule has 2 heterocycles. The fourth-order valence-corrected chi connectivity index (χ4v) is 2.97. The zero-order valence-electron chi connectivity index (χ0n) is 12.9. The van der Waals surface area contributed by atoms with Crippen LogP contribution in [0.4, 0.5) is 5.69 Å². The number of amides is 1. The predicted octanol–water partition coefficient (Wildman–Crippen LogP) is 2.74. The van der Waals surface area contributed by atoms with Gasteiger partial charge in [-0.25, -0.2) is 4.68 Å². The van der Waals surface area contributed by atoms with Crippen molar-refractivity contribution in [3.63, 3.8) is 0 Å². The molecule has 118 valence electrons. The SMILES string of the molecule is Cc1cccc(C)c1NC(=O)CSc1nncn1-n1cccc1. The number of rotatable bonds is 5. The van der Waals surface area contributed by atoms with Crippen LogP contribution in [-0.2, 0) is 4.79 Å². The van der Waals surface area contributed by atoms with Gasteiger partial charge in [-0.3, -0.25) is 9.47 Å². The summed E-state index contributed by atoms with van der Waals surface area (Å²) < 4.78 is 3.64. The molecule has 1 amide bonds. The molecule has 0 saturated carbocycles. The highest BCUT2D eigenvalue weighted by atomic mass is 32.2. The van der Waals surface area contributed by atoms with Gasteiger partial charge in [-0.05, 0) is 37.1 Å². The summed E-state index contributed by atoms with van der Waals surface area (Å²) in [6, 6.07) is 9.79. The van der Waals surface area contributed by atoms with Gasteiger partial charge in [0.1, 0.15) is 6.33 Å². The number of para-hydroxylation sites is 1. The Morgan fingerprint density at radius 1 is 1.17 bits per heavy atom. The highest BCUT2D eigenvalue weighted by Gasteiger charge is 2.11. The van der Waals surface area contributed by atoms with Crippen molar-refractivity contribution in [2.24, 2.45) is 0 Å². The van der Waals surface area contributed by atoms with Gasteiger partial charge in [0.2, 0.25) is 11.1 Å². The van der Waals surface area contributed by atoms with E-state index in [0.29, 0.717) is 5.16 Å². The Morgan fingerprint density at radius 2 is 1.87 bits per heavy atom. The molecule has 0 bridgehead atoms. The lowest BCUT2D eigenvalue weighted by atomic mass is 10.1. The quantitative estimate of drug-likeness (QED) is 0.732. The molecule has 0 atom stereocenters. The minimum absolute atomic E-state index is 0.0607. The fourth-order valence-electron chi connectivity index (χ4n) is 2.26. The molecule has 0 saturated heterocycles. The Bertz CT molecular complexity index is 790. The minimum Gasteiger partial charge on any atom is -0.325 e. The van der Waals surface area contributed by atoms with Gasteiger partial charge in [0.15, 0.2) is 0 Å². The van der Waals surface area contributed by atoms with E-state index in [4.69, 9.17) is 0 Å². The fraction of sp³-hybridized carbons (Fsp3) is 0.188. The minimum atomic E-state index is -0.0607. The van der Waals surface area contributed by atoms with E-state index in [0.717, 1.165) is 16.8 Å². The van der Waals surface area contributed by atoms with E-state index in [1.807, 2.05) is 61.2 Å². The number of hydrogen-bond acceptors (Lipinski definition) is 4. The molecule has 3 aromatic rings. The molecule has 0 unspecified atom stereocenters. The maximum atomic E-state index is 12.2. The molecule has 0 radical (unpaired) electrons. The third kappa shape index (κ3) is 3.45. The van der Waals surface area contributed by atoms with Crippen molar-refractivity contribution in [1.29, 1.82) is 0 Å². The number of hydrogen-bond donors (Lipinski definition) is 1. The van der Waals surface area contributed by atoms with Crippen LogP contribution >= 0.6 is 11.8 Å². The molecule has 0 fully saturated rings. The summed E-state index contributed by atoms with van der Waals surface area (Å²) in [5.74, 6) is 0.211. The van der Waals surface area contributed by atoms with Gasteiger partial charge in [0, 0.05) is 18.1 Å². The zero-order chi connectivity index (χ0) is 16.2. The topological polar surface area (TPSA) is 64.7 Å². The van der Waals surface area contributed by atoms with Crippen LogP contribution in [0.1, 0.15) is 11.1 Å². The van der Waals surface area contributed by atoms with Crippen molar-refractivity contribution < 1.29 is 4.79 Å². The summed E-state index contributed by atoms with van der Waals surface area (Å²) >= 11 is 1.35. The van der Waals surface area contributed by atoms with E-state index >= 15 is 0 Å². The van der Waals surface area contributed by atoms with Crippen molar-refractivity contribution in [2.75, 3.05) is 11.1 Å². The number of nitrogens with one attached hydrogen (secondary N) is 1. The maximum absolute atomic E-state index is 12.2. The molecule has 23 heavy (non-hydrogen) atoms. The lowest BCUT2D eigenvalue weighted by Crippen LogP contribution is -2.16. The predicted molar refractivity (Wildman–Crippen MR) is 90.5 cm³/mol. The van der Waals surface area contributed by atoms with Gasteiger partial charge in [0.05, 0.1) is 5.75 Å². The van der Waals surface area contributed by atoms with Crippen molar-refractivity contribution >= 4 is 23.4 Å². The smallest absolute Gasteiger partial charge is 0.234 e. The van der Waals surface area contributed by atoms with E-state index in [2.05, 4.69) is 15.5 Å². The average Bonchev–Trinajstić information content (AvgIpc) is 3.19. The van der Waals surface area contributed by atoms with Crippen LogP contribution in [-0.4, -0.2) is 31.2 Å². The first-order valence-electron chi connectivity index (χ1n) is 7.17. The molecule has 7 heteroatoms. The molecular formula is C16H17N5OS. The summed E-state index contributed by atoms with van der Waals surface area (Å²) in [7, 11) is 0. The summed E-state index contributed by atoms with van der Waals surface area (Å²) in [5, 5.41) is 11.6. The van der Waals surface area contributed by atoms with Crippen molar-refractivity contribution in [3.05, 3.63) is 60.2 Å². The lowest BCUT2D eigenvalue weighted by Gasteiger charge is -2.11. The van der Waals surface area contributed by atoms with Crippen molar-refractivity contribution in [3.8, 4) is 0 Å². The number of nitrogens with zero attached hydrogens (tertiary/aromatic N) is 4. The Balaban J connectivity index is 1.65. The second-order valence-corrected chi connectivity index (χ2v) is 6.07. The molecule has 0 aliphatic heterocycles. The largest absolute Gasteiger partial charge is 0.325 e. The summed E-state index contributed by atoms with van der Waals surface area (Å²) in [6.45, 7) is 3.97. The van der Waals surface area contributed by atoms with Gasteiger partial charge in [-0.1, -0.05) is 30.0 Å². The zero-order valence-corrected chi connectivity index (χ0v) is 13.7. The lowest BCUT2D eigenvalue weighted by molar-refractivity contribution is -0.113. The first kappa shape index (κ1) is 15.4. The van der Waals surface area contributed by atoms with Crippen LogP contribution < -0.4 is 5.32 Å². The van der Waals surface area contributed by atoms with Gasteiger partial charge in [-0.15, -0.1) is 10.2 Å². The molecule has 0 spiro atoms. The molecule has 0 aliphatic rings. The molecule has 0 aliphatic carbocycles. The van der Waals surface area contributed by atoms with Gasteiger partial charge >= 0.3 is 0 Å². The van der Waals surface area contributed by atoms with Crippen LogP contribution in [0.3, 0.4) is 0 Å². The summed E-state index contributed by atoms with van der Waals surface area (Å²) in [6.07, 6.45) is 5.40. The number of carbonyl (C=O) groups is 1. The van der Waals surface area contributed by atoms with Crippen molar-refractivity contribution in [1.82, 2.24) is 19.5 Å². The third-order valence-electron chi connectivity index (χ3n) is 3.42. The second-order valence-electron chi connectivity index (χ2n) is 5.12. The van der Waals surface area contributed by atoms with Crippen LogP contribution in [0.15, 0.2) is 54.2 Å². The van der Waals surface area contributed by atoms with Gasteiger partial charge in [0.25, 0.3) is 0 Å². The van der Waals surface area contributed by atoms with E-state index < -0.39 is 0 Å². The number of benzene rings is 1. The number of carbonyl (C=O) groups excluding carboxylic acids is 1. The van der Waals surface area contributed by atoms with Gasteiger partial charge < -0.3 is 5.32 Å². The normalized spacial score (nSPS) is 10.7. The van der Waals surface area contributed by atoms with E-state index in [1.165, 1.54) is 11.8 Å². The number of thioether (sulfide) groups is 1. The Hall–Kier alpha value is -2.54. The second kappa shape index (κ2) is 6.70. The standard InChI is InChI=1S/C16H17N5OS/c1-12-6-5-7-13(2)15(12)18-14(22)10-23-16-19-17-11-21(16)20-8-3-4-9-20/h3-9,11H,10H2,1-2H3,(H,18,22). The number of aryl methyl sites for hydroxylation is 2. The highest BCUT2D eigenvalue weighted by molar-refractivity contribution is 7.99. The summed E-state index contributed by atoms with van der Waals surface area (Å²) in [5.41, 5.74) is 2.99. The van der Waals surface area contributed by atoms with E-state index in [1.54, 1.807) is 11.0 Å². The molecule has 2 aromatic heterocycles. The Morgan fingerprint density at radius 3 is 2.57 bits per heavy atom. The van der Waals surface area contributed by atoms with E-state index in [9.17, 15) is 4.79 Å². The molecule has 6 nitrogen and oxygen atoms in total. The maximum Gasteiger partial charge on any atom is 0.234 e. The molecule has 3 rings (SSSR count). The van der Waals surface area contributed by atoms with Crippen LogP contribution in [0.25, 0.3) is 0 Å². The first-order valence-corrected chi connectivity index (χ1v) is 8.16. The molecular weight excluding hydrogens is 310 g/mol. The van der Waals surface area contributed by atoms with Crippen LogP contribution in [0.2, 0.25) is 0 Å². The summed E-state index contributed by atoms with van der Waals surface area (Å²) in [4.78, 5) is 12.2. The third-order valence-corrected chi connectivity index (χ3v) is 4.35. The average molecular weight is 327 g/mol. The molecule has 1 aromatic carbocycles. The number of aromatic nitrogens is 4. The van der Waals surface area contributed by atoms with Crippen LogP contribution in [0.5, 0.6) is 0 Å². The Kier molecular flexibility index (Phi) is 4.47. The first-order chi connectivity index (χ1) is 11.1. The van der Waals surface area contributed by atoms with Crippen LogP contribution in [0, 0.1) is 13.8 Å². The van der Waals surface area contributed by atoms with E-state index in [-0.39, 0.29) is 11.7 Å². The van der Waals surface area contributed by atoms with Gasteiger partial charge in [-0.2, -0.15) is 0 Å². The Labute approximate surface area is 138 Å². The van der Waals surface area contributed by atoms with Crippen molar-refractivity contribution in [2.45, 2.75) is 19.0 Å². The monoisotopic (exact) mass is 327 g/mol. The highest BCUT2D eigenvalue weighted by Crippen LogP contribution is 2.21. The molecule has 1 N–H and O–H groups in total. The number of anilines is 1.